The first-order valence-electron chi connectivity index (χ1n) is 7.26. The topological polar surface area (TPSA) is 12.0 Å². The van der Waals surface area contributed by atoms with Gasteiger partial charge in [-0.3, -0.25) is 0 Å². The summed E-state index contributed by atoms with van der Waals surface area (Å²) >= 11 is 0.736. The first-order valence-corrected chi connectivity index (χ1v) is 8.25. The maximum atomic E-state index is 14.1. The van der Waals surface area contributed by atoms with Crippen LogP contribution in [0.2, 0.25) is 0 Å². The van der Waals surface area contributed by atoms with E-state index in [1.807, 2.05) is 0 Å². The van der Waals surface area contributed by atoms with Crippen molar-refractivity contribution < 1.29 is 26.3 Å². The standard InChI is InChI=1S/C15H15F6NS.ClH/c16-9-1-2-11(10(7-9)15(19,20)21)23-8-12-13(14(12,17)18)3-5-22-6-4-13;/h1-2,7,12,22H,3-6,8H2;1H. The number of nitrogens with one attached hydrogen (secondary N) is 1. The summed E-state index contributed by atoms with van der Waals surface area (Å²) in [5, 5.41) is 3.02. The molecule has 24 heavy (non-hydrogen) atoms. The van der Waals surface area contributed by atoms with Crippen molar-refractivity contribution in [1.29, 1.82) is 0 Å². The third-order valence-electron chi connectivity index (χ3n) is 4.83. The van der Waals surface area contributed by atoms with Crippen LogP contribution in [-0.4, -0.2) is 24.8 Å². The quantitative estimate of drug-likeness (QED) is 0.575. The first-order chi connectivity index (χ1) is 10.7. The molecule has 1 aliphatic carbocycles. The molecule has 136 valence electrons. The van der Waals surface area contributed by atoms with E-state index >= 15 is 0 Å². The molecule has 1 N–H and O–H groups in total. The molecule has 1 aromatic rings. The van der Waals surface area contributed by atoms with E-state index in [4.69, 9.17) is 0 Å². The number of hydrogen-bond donors (Lipinski definition) is 1. The number of thioether (sulfide) groups is 1. The fourth-order valence-electron chi connectivity index (χ4n) is 3.43. The van der Waals surface area contributed by atoms with Gasteiger partial charge < -0.3 is 5.32 Å². The molecule has 9 heteroatoms. The summed E-state index contributed by atoms with van der Waals surface area (Å²) in [5.41, 5.74) is -2.19. The van der Waals surface area contributed by atoms with Crippen molar-refractivity contribution in [3.8, 4) is 0 Å². The molecule has 0 bridgehead atoms. The van der Waals surface area contributed by atoms with Crippen LogP contribution < -0.4 is 5.32 Å². The molecule has 1 heterocycles. The molecule has 1 nitrogen and oxygen atoms in total. The summed E-state index contributed by atoms with van der Waals surface area (Å²) in [6, 6.07) is 2.34. The summed E-state index contributed by atoms with van der Waals surface area (Å²) in [7, 11) is 0. The molecule has 0 aromatic heterocycles. The minimum absolute atomic E-state index is 0. The number of hydrogen-bond acceptors (Lipinski definition) is 2. The van der Waals surface area contributed by atoms with Crippen LogP contribution in [-0.2, 0) is 6.18 Å². The van der Waals surface area contributed by atoms with Gasteiger partial charge in [-0.15, -0.1) is 24.2 Å². The summed E-state index contributed by atoms with van der Waals surface area (Å²) < 4.78 is 80.1. The lowest BCUT2D eigenvalue weighted by Gasteiger charge is -2.23. The van der Waals surface area contributed by atoms with Crippen molar-refractivity contribution in [1.82, 2.24) is 5.32 Å². The smallest absolute Gasteiger partial charge is 0.317 e. The van der Waals surface area contributed by atoms with Crippen LogP contribution in [0.1, 0.15) is 18.4 Å². The zero-order valence-corrected chi connectivity index (χ0v) is 14.1. The zero-order chi connectivity index (χ0) is 16.9. The molecule has 0 amide bonds. The summed E-state index contributed by atoms with van der Waals surface area (Å²) in [4.78, 5) is -0.203. The Bertz CT molecular complexity index is 600. The summed E-state index contributed by atoms with van der Waals surface area (Å²) in [5.74, 6) is -4.84. The second kappa shape index (κ2) is 6.61. The molecule has 3 rings (SSSR count). The van der Waals surface area contributed by atoms with Crippen molar-refractivity contribution in [2.24, 2.45) is 11.3 Å². The average Bonchev–Trinajstić information content (AvgIpc) is 2.91. The minimum Gasteiger partial charge on any atom is -0.317 e. The van der Waals surface area contributed by atoms with E-state index in [0.29, 0.717) is 32.0 Å². The SMILES string of the molecule is Cl.Fc1ccc(SCC2C(F)(F)C23CCNCC3)c(C(F)(F)F)c1. The van der Waals surface area contributed by atoms with Crippen molar-refractivity contribution in [3.63, 3.8) is 0 Å². The Balaban J connectivity index is 0.00000208. The number of benzene rings is 1. The van der Waals surface area contributed by atoms with E-state index in [1.165, 1.54) is 0 Å². The van der Waals surface area contributed by atoms with Crippen LogP contribution in [0.3, 0.4) is 0 Å². The zero-order valence-electron chi connectivity index (χ0n) is 12.4. The van der Waals surface area contributed by atoms with Crippen molar-refractivity contribution in [2.75, 3.05) is 18.8 Å². The molecule has 1 saturated carbocycles. The fraction of sp³-hybridized carbons (Fsp3) is 0.600. The van der Waals surface area contributed by atoms with Gasteiger partial charge in [0.05, 0.1) is 5.56 Å². The predicted octanol–water partition coefficient (Wildman–Crippen LogP) is 4.99. The first kappa shape index (κ1) is 19.7. The van der Waals surface area contributed by atoms with Gasteiger partial charge in [0.1, 0.15) is 5.82 Å². The van der Waals surface area contributed by atoms with E-state index in [0.717, 1.165) is 23.9 Å². The van der Waals surface area contributed by atoms with Crippen molar-refractivity contribution in [3.05, 3.63) is 29.6 Å². The largest absolute Gasteiger partial charge is 0.417 e. The monoisotopic (exact) mass is 391 g/mol. The average molecular weight is 392 g/mol. The van der Waals surface area contributed by atoms with Crippen LogP contribution in [0.25, 0.3) is 0 Å². The Morgan fingerprint density at radius 2 is 1.79 bits per heavy atom. The fourth-order valence-corrected chi connectivity index (χ4v) is 4.80. The minimum atomic E-state index is -4.71. The molecule has 1 aromatic carbocycles. The highest BCUT2D eigenvalue weighted by atomic mass is 35.5. The molecular weight excluding hydrogens is 376 g/mol. The van der Waals surface area contributed by atoms with Gasteiger partial charge >= 0.3 is 6.18 Å². The maximum absolute atomic E-state index is 14.1. The van der Waals surface area contributed by atoms with E-state index < -0.39 is 34.8 Å². The van der Waals surface area contributed by atoms with Gasteiger partial charge in [0, 0.05) is 22.0 Å². The lowest BCUT2D eigenvalue weighted by Crippen LogP contribution is -2.32. The normalized spacial score (nSPS) is 24.5. The van der Waals surface area contributed by atoms with E-state index in [2.05, 4.69) is 5.32 Å². The Morgan fingerprint density at radius 1 is 1.17 bits per heavy atom. The predicted molar refractivity (Wildman–Crippen MR) is 82.3 cm³/mol. The Kier molecular flexibility index (Phi) is 5.43. The van der Waals surface area contributed by atoms with E-state index in [9.17, 15) is 26.3 Å². The number of halogens is 7. The molecule has 1 aliphatic heterocycles. The van der Waals surface area contributed by atoms with Crippen LogP contribution in [0, 0.1) is 17.2 Å². The highest BCUT2D eigenvalue weighted by Crippen LogP contribution is 2.71. The molecule has 1 unspecified atom stereocenters. The second-order valence-electron chi connectivity index (χ2n) is 6.03. The highest BCUT2D eigenvalue weighted by Gasteiger charge is 2.78. The number of rotatable bonds is 3. The Labute approximate surface area is 146 Å². The lowest BCUT2D eigenvalue weighted by atomic mass is 9.92. The van der Waals surface area contributed by atoms with Crippen molar-refractivity contribution >= 4 is 24.2 Å². The third-order valence-corrected chi connectivity index (χ3v) is 6.00. The van der Waals surface area contributed by atoms with Gasteiger partial charge in [-0.05, 0) is 44.1 Å². The molecular formula is C15H16ClF6NS. The van der Waals surface area contributed by atoms with Gasteiger partial charge in [0.15, 0.2) is 0 Å². The van der Waals surface area contributed by atoms with E-state index in [-0.39, 0.29) is 23.1 Å². The number of alkyl halides is 5. The molecule has 2 fully saturated rings. The van der Waals surface area contributed by atoms with Crippen LogP contribution in [0.5, 0.6) is 0 Å². The second-order valence-corrected chi connectivity index (χ2v) is 7.09. The molecule has 2 aliphatic rings. The Morgan fingerprint density at radius 3 is 2.38 bits per heavy atom. The van der Waals surface area contributed by atoms with Gasteiger partial charge in [0.25, 0.3) is 5.92 Å². The lowest BCUT2D eigenvalue weighted by molar-refractivity contribution is -0.139. The number of piperidine rings is 1. The maximum Gasteiger partial charge on any atom is 0.417 e. The van der Waals surface area contributed by atoms with Gasteiger partial charge in [-0.1, -0.05) is 0 Å². The van der Waals surface area contributed by atoms with E-state index in [1.54, 1.807) is 0 Å². The van der Waals surface area contributed by atoms with Gasteiger partial charge in [0.2, 0.25) is 0 Å². The molecule has 1 saturated heterocycles. The van der Waals surface area contributed by atoms with Crippen LogP contribution >= 0.6 is 24.2 Å². The third kappa shape index (κ3) is 3.24. The Hall–Kier alpha value is -0.600. The highest BCUT2D eigenvalue weighted by molar-refractivity contribution is 7.99. The van der Waals surface area contributed by atoms with Gasteiger partial charge in [-0.25, -0.2) is 13.2 Å². The molecule has 0 radical (unpaired) electrons. The summed E-state index contributed by atoms with van der Waals surface area (Å²) in [6.45, 7) is 1.00. The van der Waals surface area contributed by atoms with Crippen LogP contribution in [0.4, 0.5) is 26.3 Å². The molecule has 1 atom stereocenters. The van der Waals surface area contributed by atoms with Gasteiger partial charge in [-0.2, -0.15) is 13.2 Å². The van der Waals surface area contributed by atoms with Crippen molar-refractivity contribution in [2.45, 2.75) is 29.8 Å². The van der Waals surface area contributed by atoms with Crippen LogP contribution in [0.15, 0.2) is 23.1 Å². The summed E-state index contributed by atoms with van der Waals surface area (Å²) in [6.07, 6.45) is -4.04. The molecule has 1 spiro atoms.